The van der Waals surface area contributed by atoms with Crippen LogP contribution in [0, 0.1) is 5.92 Å². The highest BCUT2D eigenvalue weighted by Gasteiger charge is 2.40. The van der Waals surface area contributed by atoms with Crippen molar-refractivity contribution in [3.8, 4) is 11.5 Å². The first kappa shape index (κ1) is 18.9. The van der Waals surface area contributed by atoms with Crippen LogP contribution in [0.25, 0.3) is 0 Å². The largest absolute Gasteiger partial charge is 0.497 e. The number of nitrogens with one attached hydrogen (secondary N) is 1. The summed E-state index contributed by atoms with van der Waals surface area (Å²) in [5.74, 6) is 2.60. The molecule has 28 heavy (non-hydrogen) atoms. The summed E-state index contributed by atoms with van der Waals surface area (Å²) in [6, 6.07) is 7.68. The van der Waals surface area contributed by atoms with Crippen LogP contribution >= 0.6 is 11.6 Å². The number of fused-ring (bicyclic) bond motifs is 1. The summed E-state index contributed by atoms with van der Waals surface area (Å²) in [6.45, 7) is 3.18. The third-order valence-electron chi connectivity index (χ3n) is 5.62. The maximum absolute atomic E-state index is 13.1. The number of rotatable bonds is 7. The van der Waals surface area contributed by atoms with Gasteiger partial charge in [0.25, 0.3) is 5.91 Å². The normalized spacial score (nSPS) is 16.7. The van der Waals surface area contributed by atoms with Gasteiger partial charge in [-0.25, -0.2) is 4.98 Å². The summed E-state index contributed by atoms with van der Waals surface area (Å²) < 4.78 is 10.7. The lowest BCUT2D eigenvalue weighted by molar-refractivity contribution is 0.0698. The second-order valence-corrected chi connectivity index (χ2v) is 7.76. The molecule has 1 saturated carbocycles. The maximum atomic E-state index is 13.1. The van der Waals surface area contributed by atoms with Gasteiger partial charge in [-0.1, -0.05) is 11.6 Å². The lowest BCUT2D eigenvalue weighted by Crippen LogP contribution is -2.34. The Hall–Kier alpha value is -2.47. The molecule has 7 heteroatoms. The van der Waals surface area contributed by atoms with Crippen LogP contribution in [0.15, 0.2) is 24.3 Å². The highest BCUT2D eigenvalue weighted by Crippen LogP contribution is 2.40. The number of hydrogen-bond acceptors (Lipinski definition) is 5. The molecule has 0 saturated heterocycles. The number of hydrogen-bond donors (Lipinski definition) is 1. The van der Waals surface area contributed by atoms with Gasteiger partial charge in [-0.3, -0.25) is 4.79 Å². The van der Waals surface area contributed by atoms with E-state index in [9.17, 15) is 4.79 Å². The minimum absolute atomic E-state index is 0.0303. The molecule has 1 atom stereocenters. The Kier molecular flexibility index (Phi) is 5.06. The van der Waals surface area contributed by atoms with Gasteiger partial charge in [-0.15, -0.1) is 0 Å². The molecule has 0 spiro atoms. The van der Waals surface area contributed by atoms with E-state index in [0.717, 1.165) is 16.9 Å². The van der Waals surface area contributed by atoms with Gasteiger partial charge in [0.2, 0.25) is 0 Å². The Morgan fingerprint density at radius 2 is 2.07 bits per heavy atom. The predicted molar refractivity (Wildman–Crippen MR) is 108 cm³/mol. The zero-order chi connectivity index (χ0) is 19.8. The van der Waals surface area contributed by atoms with Gasteiger partial charge in [-0.2, -0.15) is 0 Å². The van der Waals surface area contributed by atoms with Crippen molar-refractivity contribution in [2.24, 2.45) is 5.92 Å². The molecule has 1 aliphatic carbocycles. The first-order valence-electron chi connectivity index (χ1n) is 9.47. The highest BCUT2D eigenvalue weighted by molar-refractivity contribution is 6.29. The summed E-state index contributed by atoms with van der Waals surface area (Å²) in [6.07, 6.45) is 2.39. The molecular formula is C21H24ClN3O3. The van der Waals surface area contributed by atoms with Gasteiger partial charge in [0.15, 0.2) is 0 Å². The van der Waals surface area contributed by atoms with Gasteiger partial charge < -0.3 is 19.7 Å². The number of carbonyl (C=O) groups is 1. The summed E-state index contributed by atoms with van der Waals surface area (Å²) in [4.78, 5) is 19.4. The third-order valence-corrected chi connectivity index (χ3v) is 5.82. The standard InChI is InChI=1S/C21H24ClN3O3/c1-12(13-4-5-13)25-11-15-8-18(22)24-20(19(15)21(25)26)23-10-14-6-7-16(27-2)9-17(14)28-3/h6-9,12-13H,4-5,10-11H2,1-3H3,(H,23,24)/t12-/m0/s1. The van der Waals surface area contributed by atoms with Crippen LogP contribution in [0.1, 0.15) is 41.3 Å². The quantitative estimate of drug-likeness (QED) is 0.707. The molecule has 1 aromatic heterocycles. The van der Waals surface area contributed by atoms with Crippen molar-refractivity contribution in [2.45, 2.75) is 38.9 Å². The number of benzene rings is 1. The van der Waals surface area contributed by atoms with E-state index in [1.807, 2.05) is 23.1 Å². The lowest BCUT2D eigenvalue weighted by atomic mass is 10.1. The number of amides is 1. The Morgan fingerprint density at radius 3 is 2.75 bits per heavy atom. The second kappa shape index (κ2) is 7.51. The summed E-state index contributed by atoms with van der Waals surface area (Å²) in [7, 11) is 3.24. The molecule has 2 aromatic rings. The fourth-order valence-corrected chi connectivity index (χ4v) is 4.01. The molecule has 1 fully saturated rings. The van der Waals surface area contributed by atoms with Crippen molar-refractivity contribution >= 4 is 23.3 Å². The Balaban J connectivity index is 1.58. The molecule has 148 valence electrons. The molecule has 0 unspecified atom stereocenters. The lowest BCUT2D eigenvalue weighted by Gasteiger charge is -2.24. The molecule has 4 rings (SSSR count). The van der Waals surface area contributed by atoms with Crippen molar-refractivity contribution < 1.29 is 14.3 Å². The van der Waals surface area contributed by atoms with Gasteiger partial charge in [0, 0.05) is 30.8 Å². The Labute approximate surface area is 169 Å². The van der Waals surface area contributed by atoms with Crippen LogP contribution in [-0.2, 0) is 13.1 Å². The van der Waals surface area contributed by atoms with Gasteiger partial charge >= 0.3 is 0 Å². The Morgan fingerprint density at radius 1 is 1.29 bits per heavy atom. The molecule has 1 amide bonds. The molecular weight excluding hydrogens is 378 g/mol. The van der Waals surface area contributed by atoms with Crippen LogP contribution in [0.5, 0.6) is 11.5 Å². The average molecular weight is 402 g/mol. The fourth-order valence-electron chi connectivity index (χ4n) is 3.79. The molecule has 2 aliphatic rings. The van der Waals surface area contributed by atoms with E-state index in [0.29, 0.717) is 41.3 Å². The topological polar surface area (TPSA) is 63.7 Å². The molecule has 0 bridgehead atoms. The number of anilines is 1. The number of pyridine rings is 1. The van der Waals surface area contributed by atoms with E-state index < -0.39 is 0 Å². The summed E-state index contributed by atoms with van der Waals surface area (Å²) >= 11 is 6.24. The van der Waals surface area contributed by atoms with Crippen LogP contribution in [0.4, 0.5) is 5.82 Å². The summed E-state index contributed by atoms with van der Waals surface area (Å²) in [5.41, 5.74) is 2.50. The van der Waals surface area contributed by atoms with E-state index in [4.69, 9.17) is 21.1 Å². The average Bonchev–Trinajstić information content (AvgIpc) is 3.49. The zero-order valence-electron chi connectivity index (χ0n) is 16.3. The third kappa shape index (κ3) is 3.49. The first-order valence-corrected chi connectivity index (χ1v) is 9.84. The van der Waals surface area contributed by atoms with Crippen LogP contribution in [0.3, 0.4) is 0 Å². The monoisotopic (exact) mass is 401 g/mol. The molecule has 1 N–H and O–H groups in total. The molecule has 1 aromatic carbocycles. The highest BCUT2D eigenvalue weighted by atomic mass is 35.5. The van der Waals surface area contributed by atoms with Crippen molar-refractivity contribution in [3.63, 3.8) is 0 Å². The van der Waals surface area contributed by atoms with Crippen molar-refractivity contribution in [1.29, 1.82) is 0 Å². The van der Waals surface area contributed by atoms with Gasteiger partial charge in [-0.05, 0) is 49.4 Å². The van der Waals surface area contributed by atoms with Crippen molar-refractivity contribution in [2.75, 3.05) is 19.5 Å². The fraction of sp³-hybridized carbons (Fsp3) is 0.429. The minimum atomic E-state index is 0.0303. The van der Waals surface area contributed by atoms with Crippen LogP contribution < -0.4 is 14.8 Å². The van der Waals surface area contributed by atoms with E-state index in [-0.39, 0.29) is 11.9 Å². The molecule has 1 aliphatic heterocycles. The first-order chi connectivity index (χ1) is 13.5. The van der Waals surface area contributed by atoms with Gasteiger partial charge in [0.1, 0.15) is 22.5 Å². The smallest absolute Gasteiger partial charge is 0.258 e. The van der Waals surface area contributed by atoms with E-state index in [1.165, 1.54) is 12.8 Å². The minimum Gasteiger partial charge on any atom is -0.497 e. The number of ether oxygens (including phenoxy) is 2. The van der Waals surface area contributed by atoms with Crippen LogP contribution in [0.2, 0.25) is 5.15 Å². The maximum Gasteiger partial charge on any atom is 0.258 e. The molecule has 6 nitrogen and oxygen atoms in total. The van der Waals surface area contributed by atoms with E-state index >= 15 is 0 Å². The number of halogens is 1. The Bertz CT molecular complexity index is 914. The van der Waals surface area contributed by atoms with Gasteiger partial charge in [0.05, 0.1) is 19.8 Å². The van der Waals surface area contributed by atoms with E-state index in [2.05, 4.69) is 17.2 Å². The van der Waals surface area contributed by atoms with Crippen molar-refractivity contribution in [3.05, 3.63) is 46.1 Å². The predicted octanol–water partition coefficient (Wildman–Crippen LogP) is 4.12. The number of nitrogens with zero attached hydrogens (tertiary/aromatic N) is 2. The van der Waals surface area contributed by atoms with Crippen molar-refractivity contribution in [1.82, 2.24) is 9.88 Å². The number of methoxy groups -OCH3 is 2. The zero-order valence-corrected chi connectivity index (χ0v) is 17.0. The number of aromatic nitrogens is 1. The molecule has 0 radical (unpaired) electrons. The van der Waals surface area contributed by atoms with Crippen LogP contribution in [-0.4, -0.2) is 36.1 Å². The number of carbonyl (C=O) groups excluding carboxylic acids is 1. The summed E-state index contributed by atoms with van der Waals surface area (Å²) in [5, 5.41) is 3.67. The van der Waals surface area contributed by atoms with E-state index in [1.54, 1.807) is 20.3 Å². The second-order valence-electron chi connectivity index (χ2n) is 7.37. The SMILES string of the molecule is COc1ccc(CNc2nc(Cl)cc3c2C(=O)N([C@@H](C)C2CC2)C3)c(OC)c1. The molecule has 2 heterocycles.